The van der Waals surface area contributed by atoms with Crippen molar-refractivity contribution in [1.82, 2.24) is 15.1 Å². The number of rotatable bonds is 4. The summed E-state index contributed by atoms with van der Waals surface area (Å²) in [7, 11) is 0. The van der Waals surface area contributed by atoms with E-state index in [1.807, 2.05) is 11.8 Å². The molecule has 132 valence electrons. The zero-order chi connectivity index (χ0) is 17.7. The Labute approximate surface area is 145 Å². The Hall–Kier alpha value is -1.88. The van der Waals surface area contributed by atoms with Crippen molar-refractivity contribution >= 4 is 11.8 Å². The third-order valence-corrected chi connectivity index (χ3v) is 4.81. The van der Waals surface area contributed by atoms with Crippen molar-refractivity contribution in [2.45, 2.75) is 40.2 Å². The summed E-state index contributed by atoms with van der Waals surface area (Å²) < 4.78 is 0. The molecule has 2 amide bonds. The molecule has 1 aliphatic rings. The molecule has 0 aromatic heterocycles. The Morgan fingerprint density at radius 1 is 1.12 bits per heavy atom. The average molecular weight is 331 g/mol. The highest BCUT2D eigenvalue weighted by molar-refractivity contribution is 5.78. The largest absolute Gasteiger partial charge is 0.348 e. The van der Waals surface area contributed by atoms with Crippen molar-refractivity contribution in [1.29, 1.82) is 0 Å². The fraction of sp³-hybridized carbons (Fsp3) is 0.579. The lowest BCUT2D eigenvalue weighted by Crippen LogP contribution is -2.40. The molecule has 0 bridgehead atoms. The first-order valence-corrected chi connectivity index (χ1v) is 8.71. The molecule has 2 rings (SSSR count). The molecular weight excluding hydrogens is 302 g/mol. The maximum absolute atomic E-state index is 12.3. The zero-order valence-electron chi connectivity index (χ0n) is 15.3. The molecule has 1 aromatic rings. The first-order chi connectivity index (χ1) is 11.4. The second kappa shape index (κ2) is 8.29. The molecule has 0 saturated carbocycles. The SMILES string of the molecule is CC(=O)N1CCCN(CC(=O)NC(C)c2ccc(C)c(C)c2)CC1. The van der Waals surface area contributed by atoms with Crippen molar-refractivity contribution in [3.05, 3.63) is 34.9 Å². The van der Waals surface area contributed by atoms with Crippen LogP contribution in [0.1, 0.15) is 43.0 Å². The fourth-order valence-electron chi connectivity index (χ4n) is 3.05. The summed E-state index contributed by atoms with van der Waals surface area (Å²) in [4.78, 5) is 27.8. The number of benzene rings is 1. The molecule has 1 heterocycles. The summed E-state index contributed by atoms with van der Waals surface area (Å²) in [5, 5.41) is 3.08. The van der Waals surface area contributed by atoms with E-state index in [2.05, 4.69) is 42.3 Å². The predicted molar refractivity (Wildman–Crippen MR) is 95.8 cm³/mol. The Morgan fingerprint density at radius 3 is 2.54 bits per heavy atom. The highest BCUT2D eigenvalue weighted by Crippen LogP contribution is 2.16. The van der Waals surface area contributed by atoms with Gasteiger partial charge in [-0.3, -0.25) is 14.5 Å². The monoisotopic (exact) mass is 331 g/mol. The second-order valence-electron chi connectivity index (χ2n) is 6.77. The number of aryl methyl sites for hydroxylation is 2. The van der Waals surface area contributed by atoms with Crippen LogP contribution in [0.3, 0.4) is 0 Å². The molecule has 0 spiro atoms. The van der Waals surface area contributed by atoms with Gasteiger partial charge in [0.25, 0.3) is 0 Å². The van der Waals surface area contributed by atoms with Crippen molar-refractivity contribution in [3.63, 3.8) is 0 Å². The standard InChI is InChI=1S/C19H29N3O2/c1-14-6-7-18(12-15(14)2)16(3)20-19(24)13-21-8-5-9-22(11-10-21)17(4)23/h6-7,12,16H,5,8-11,13H2,1-4H3,(H,20,24). The van der Waals surface area contributed by atoms with Crippen LogP contribution >= 0.6 is 0 Å². The molecule has 1 saturated heterocycles. The number of nitrogens with one attached hydrogen (secondary N) is 1. The van der Waals surface area contributed by atoms with Crippen molar-refractivity contribution in [2.24, 2.45) is 0 Å². The van der Waals surface area contributed by atoms with E-state index in [9.17, 15) is 9.59 Å². The lowest BCUT2D eigenvalue weighted by molar-refractivity contribution is -0.128. The molecule has 1 aromatic carbocycles. The normalized spacial score (nSPS) is 17.2. The number of amides is 2. The first-order valence-electron chi connectivity index (χ1n) is 8.71. The van der Waals surface area contributed by atoms with Gasteiger partial charge < -0.3 is 10.2 Å². The average Bonchev–Trinajstić information content (AvgIpc) is 2.75. The van der Waals surface area contributed by atoms with Gasteiger partial charge in [-0.25, -0.2) is 0 Å². The van der Waals surface area contributed by atoms with Gasteiger partial charge in [0, 0.05) is 33.1 Å². The Kier molecular flexibility index (Phi) is 6.37. The van der Waals surface area contributed by atoms with E-state index in [1.165, 1.54) is 11.1 Å². The lowest BCUT2D eigenvalue weighted by Gasteiger charge is -2.22. The van der Waals surface area contributed by atoms with E-state index in [4.69, 9.17) is 0 Å². The summed E-state index contributed by atoms with van der Waals surface area (Å²) in [6.45, 7) is 11.3. The number of carbonyl (C=O) groups excluding carboxylic acids is 2. The predicted octanol–water partition coefficient (Wildman–Crippen LogP) is 2.03. The minimum atomic E-state index is -0.00232. The smallest absolute Gasteiger partial charge is 0.234 e. The van der Waals surface area contributed by atoms with Crippen LogP contribution in [0, 0.1) is 13.8 Å². The fourth-order valence-corrected chi connectivity index (χ4v) is 3.05. The molecule has 1 aliphatic heterocycles. The molecule has 0 aliphatic carbocycles. The van der Waals surface area contributed by atoms with Crippen LogP contribution < -0.4 is 5.32 Å². The van der Waals surface area contributed by atoms with Gasteiger partial charge in [-0.2, -0.15) is 0 Å². The van der Waals surface area contributed by atoms with Gasteiger partial charge in [0.15, 0.2) is 0 Å². The molecule has 1 unspecified atom stereocenters. The van der Waals surface area contributed by atoms with E-state index < -0.39 is 0 Å². The van der Waals surface area contributed by atoms with Gasteiger partial charge in [-0.1, -0.05) is 18.2 Å². The molecule has 1 atom stereocenters. The van der Waals surface area contributed by atoms with Crippen molar-refractivity contribution < 1.29 is 9.59 Å². The third kappa shape index (κ3) is 5.06. The minimum Gasteiger partial charge on any atom is -0.348 e. The molecule has 5 nitrogen and oxygen atoms in total. The van der Waals surface area contributed by atoms with Gasteiger partial charge in [0.1, 0.15) is 0 Å². The second-order valence-corrected chi connectivity index (χ2v) is 6.77. The highest BCUT2D eigenvalue weighted by atomic mass is 16.2. The van der Waals surface area contributed by atoms with Gasteiger partial charge in [0.05, 0.1) is 12.6 Å². The van der Waals surface area contributed by atoms with Crippen LogP contribution in [0.4, 0.5) is 0 Å². The number of carbonyl (C=O) groups is 2. The summed E-state index contributed by atoms with van der Waals surface area (Å²) >= 11 is 0. The topological polar surface area (TPSA) is 52.7 Å². The molecule has 1 fully saturated rings. The molecule has 0 radical (unpaired) electrons. The summed E-state index contributed by atoms with van der Waals surface area (Å²) in [6, 6.07) is 6.30. The molecule has 5 heteroatoms. The van der Waals surface area contributed by atoms with Gasteiger partial charge in [0.2, 0.25) is 11.8 Å². The maximum atomic E-state index is 12.3. The summed E-state index contributed by atoms with van der Waals surface area (Å²) in [5.41, 5.74) is 3.63. The Morgan fingerprint density at radius 2 is 1.88 bits per heavy atom. The van der Waals surface area contributed by atoms with Gasteiger partial charge in [-0.05, 0) is 43.9 Å². The van der Waals surface area contributed by atoms with Crippen LogP contribution in [0.15, 0.2) is 18.2 Å². The molecule has 1 N–H and O–H groups in total. The minimum absolute atomic E-state index is 0.00232. The van der Waals surface area contributed by atoms with E-state index in [0.29, 0.717) is 13.1 Å². The van der Waals surface area contributed by atoms with Crippen LogP contribution in [-0.4, -0.2) is 54.3 Å². The Balaban J connectivity index is 1.86. The van der Waals surface area contributed by atoms with Crippen LogP contribution in [0.25, 0.3) is 0 Å². The third-order valence-electron chi connectivity index (χ3n) is 4.81. The van der Waals surface area contributed by atoms with Crippen molar-refractivity contribution in [2.75, 3.05) is 32.7 Å². The maximum Gasteiger partial charge on any atom is 0.234 e. The first kappa shape index (κ1) is 18.5. The van der Waals surface area contributed by atoms with Crippen LogP contribution in [0.5, 0.6) is 0 Å². The summed E-state index contributed by atoms with van der Waals surface area (Å²) in [6.07, 6.45) is 0.916. The number of hydrogen-bond acceptors (Lipinski definition) is 3. The quantitative estimate of drug-likeness (QED) is 0.918. The van der Waals surface area contributed by atoms with E-state index >= 15 is 0 Å². The Bertz CT molecular complexity index is 600. The lowest BCUT2D eigenvalue weighted by atomic mass is 10.0. The number of hydrogen-bond donors (Lipinski definition) is 1. The van der Waals surface area contributed by atoms with E-state index in [-0.39, 0.29) is 17.9 Å². The van der Waals surface area contributed by atoms with E-state index in [1.54, 1.807) is 6.92 Å². The molecule has 24 heavy (non-hydrogen) atoms. The van der Waals surface area contributed by atoms with Gasteiger partial charge >= 0.3 is 0 Å². The number of nitrogens with zero attached hydrogens (tertiary/aromatic N) is 2. The summed E-state index contributed by atoms with van der Waals surface area (Å²) in [5.74, 6) is 0.154. The van der Waals surface area contributed by atoms with Crippen molar-refractivity contribution in [3.8, 4) is 0 Å². The highest BCUT2D eigenvalue weighted by Gasteiger charge is 2.19. The zero-order valence-corrected chi connectivity index (χ0v) is 15.3. The van der Waals surface area contributed by atoms with E-state index in [0.717, 1.165) is 31.6 Å². The molecular formula is C19H29N3O2. The van der Waals surface area contributed by atoms with Gasteiger partial charge in [-0.15, -0.1) is 0 Å². The van der Waals surface area contributed by atoms with Crippen LogP contribution in [-0.2, 0) is 9.59 Å². The van der Waals surface area contributed by atoms with Crippen LogP contribution in [0.2, 0.25) is 0 Å².